The fourth-order valence-corrected chi connectivity index (χ4v) is 6.23. The van der Waals surface area contributed by atoms with E-state index in [0.29, 0.717) is 22.9 Å². The zero-order valence-electron chi connectivity index (χ0n) is 28.0. The predicted molar refractivity (Wildman–Crippen MR) is 192 cm³/mol. The van der Waals surface area contributed by atoms with Crippen LogP contribution in [0.5, 0.6) is 11.5 Å². The average Bonchev–Trinajstić information content (AvgIpc) is 3.34. The number of esters is 1. The second-order valence-electron chi connectivity index (χ2n) is 12.9. The van der Waals surface area contributed by atoms with Crippen molar-refractivity contribution in [3.8, 4) is 11.5 Å². The molecule has 1 aliphatic heterocycles. The van der Waals surface area contributed by atoms with Gasteiger partial charge in [-0.05, 0) is 48.6 Å². The number of carbonyl (C=O) groups excluding carboxylic acids is 3. The Morgan fingerprint density at radius 2 is 1.47 bits per heavy atom. The number of benzene rings is 2. The van der Waals surface area contributed by atoms with Crippen LogP contribution in [0.1, 0.15) is 117 Å². The average molecular weight is 707 g/mol. The summed E-state index contributed by atoms with van der Waals surface area (Å²) in [7, 11) is 0. The van der Waals surface area contributed by atoms with Crippen LogP contribution in [0.2, 0.25) is 15.1 Å². The molecule has 3 rings (SSSR count). The summed E-state index contributed by atoms with van der Waals surface area (Å²) in [6.07, 6.45) is 11.3. The maximum absolute atomic E-state index is 13.5. The first kappa shape index (κ1) is 38.5. The normalized spacial score (nSPS) is 13.7. The standard InChI is InChI=1S/C36H46Cl3N3O5/c1-6-7-8-9-10-11-12-13-14-15-16-31(47-25-17-18-30(46-23(2)43)26(21-25)36(3,4)5)34-35(45)29(41-42-34)22-32(44)40-33-27(38)19-24(37)20-28(33)39/h17-21,31H,6-16,22H2,1-5H3,(H,40,44). The van der Waals surface area contributed by atoms with Gasteiger partial charge in [-0.25, -0.2) is 0 Å². The smallest absolute Gasteiger partial charge is 0.308 e. The van der Waals surface area contributed by atoms with Crippen molar-refractivity contribution in [1.29, 1.82) is 0 Å². The molecule has 2 aromatic rings. The molecule has 0 bridgehead atoms. The van der Waals surface area contributed by atoms with E-state index in [1.165, 1.54) is 64.0 Å². The molecular weight excluding hydrogens is 661 g/mol. The van der Waals surface area contributed by atoms with Crippen LogP contribution in [0.3, 0.4) is 0 Å². The first-order chi connectivity index (χ1) is 22.3. The molecule has 11 heteroatoms. The van der Waals surface area contributed by atoms with E-state index in [2.05, 4.69) is 22.4 Å². The number of rotatable bonds is 18. The minimum Gasteiger partial charge on any atom is -0.484 e. The Hall–Kier alpha value is -2.94. The maximum Gasteiger partial charge on any atom is 0.308 e. The molecule has 1 heterocycles. The molecule has 1 unspecified atom stereocenters. The van der Waals surface area contributed by atoms with E-state index in [-0.39, 0.29) is 39.0 Å². The minimum absolute atomic E-state index is 0.00373. The third-order valence-electron chi connectivity index (χ3n) is 7.79. The fourth-order valence-electron chi connectivity index (χ4n) is 5.32. The Morgan fingerprint density at radius 3 is 2.04 bits per heavy atom. The molecule has 0 saturated carbocycles. The molecule has 0 fully saturated rings. The van der Waals surface area contributed by atoms with Crippen molar-refractivity contribution in [2.24, 2.45) is 10.2 Å². The van der Waals surface area contributed by atoms with Gasteiger partial charge in [0.05, 0.1) is 22.2 Å². The van der Waals surface area contributed by atoms with Crippen LogP contribution in [0.15, 0.2) is 40.5 Å². The van der Waals surface area contributed by atoms with E-state index in [9.17, 15) is 14.4 Å². The number of carbonyl (C=O) groups is 3. The molecule has 47 heavy (non-hydrogen) atoms. The topological polar surface area (TPSA) is 106 Å². The second-order valence-corrected chi connectivity index (χ2v) is 14.2. The summed E-state index contributed by atoms with van der Waals surface area (Å²) in [5.41, 5.74) is 0.777. The van der Waals surface area contributed by atoms with Gasteiger partial charge >= 0.3 is 5.97 Å². The van der Waals surface area contributed by atoms with Crippen molar-refractivity contribution in [1.82, 2.24) is 0 Å². The van der Waals surface area contributed by atoms with E-state index < -0.39 is 23.8 Å². The van der Waals surface area contributed by atoms with Gasteiger partial charge in [0.25, 0.3) is 0 Å². The Morgan fingerprint density at radius 1 is 0.872 bits per heavy atom. The van der Waals surface area contributed by atoms with Crippen molar-refractivity contribution in [2.45, 2.75) is 123 Å². The number of nitrogens with one attached hydrogen (secondary N) is 1. The highest BCUT2D eigenvalue weighted by molar-refractivity contribution is 6.70. The van der Waals surface area contributed by atoms with Gasteiger partial charge in [-0.3, -0.25) is 14.4 Å². The molecule has 1 N–H and O–H groups in total. The van der Waals surface area contributed by atoms with Gasteiger partial charge in [0.1, 0.15) is 23.3 Å². The van der Waals surface area contributed by atoms with Crippen LogP contribution >= 0.6 is 34.8 Å². The number of anilines is 1. The molecule has 0 aromatic heterocycles. The number of amides is 1. The molecule has 0 saturated heterocycles. The number of unbranched alkanes of at least 4 members (excludes halogenated alkanes) is 9. The predicted octanol–water partition coefficient (Wildman–Crippen LogP) is 10.3. The van der Waals surface area contributed by atoms with Gasteiger partial charge in [-0.2, -0.15) is 5.10 Å². The van der Waals surface area contributed by atoms with Gasteiger partial charge in [0.15, 0.2) is 5.71 Å². The Labute approximate surface area is 293 Å². The van der Waals surface area contributed by atoms with Gasteiger partial charge in [0.2, 0.25) is 11.7 Å². The molecule has 256 valence electrons. The molecule has 2 aromatic carbocycles. The molecule has 0 aliphatic carbocycles. The number of halogens is 3. The highest BCUT2D eigenvalue weighted by atomic mass is 35.5. The third-order valence-corrected chi connectivity index (χ3v) is 8.60. The first-order valence-corrected chi connectivity index (χ1v) is 17.6. The molecule has 0 spiro atoms. The Kier molecular flexibility index (Phi) is 15.2. The van der Waals surface area contributed by atoms with E-state index in [1.54, 1.807) is 12.1 Å². The summed E-state index contributed by atoms with van der Waals surface area (Å²) in [4.78, 5) is 38.1. The number of hydrogen-bond acceptors (Lipinski definition) is 7. The highest BCUT2D eigenvalue weighted by Gasteiger charge is 2.34. The zero-order chi connectivity index (χ0) is 34.6. The van der Waals surface area contributed by atoms with Gasteiger partial charge < -0.3 is 14.8 Å². The zero-order valence-corrected chi connectivity index (χ0v) is 30.3. The lowest BCUT2D eigenvalue weighted by molar-refractivity contribution is -0.132. The molecule has 1 atom stereocenters. The van der Waals surface area contributed by atoms with Crippen LogP contribution < -0.4 is 14.8 Å². The maximum atomic E-state index is 13.5. The van der Waals surface area contributed by atoms with Crippen LogP contribution in [-0.4, -0.2) is 35.2 Å². The van der Waals surface area contributed by atoms with Gasteiger partial charge in [0, 0.05) is 17.5 Å². The summed E-state index contributed by atoms with van der Waals surface area (Å²) < 4.78 is 11.9. The van der Waals surface area contributed by atoms with E-state index >= 15 is 0 Å². The second kappa shape index (κ2) is 18.6. The number of nitrogens with zero attached hydrogens (tertiary/aromatic N) is 2. The molecule has 0 radical (unpaired) electrons. The number of Topliss-reactive ketones (excluding diaryl/α,β-unsaturated/α-hetero) is 1. The lowest BCUT2D eigenvalue weighted by Gasteiger charge is -2.24. The van der Waals surface area contributed by atoms with Crippen molar-refractivity contribution in [3.05, 3.63) is 51.0 Å². The number of hydrogen-bond donors (Lipinski definition) is 1. The number of ketones is 1. The van der Waals surface area contributed by atoms with Crippen molar-refractivity contribution in [3.63, 3.8) is 0 Å². The summed E-state index contributed by atoms with van der Waals surface area (Å²) in [5, 5.41) is 11.6. The highest BCUT2D eigenvalue weighted by Crippen LogP contribution is 2.36. The molecule has 8 nitrogen and oxygen atoms in total. The molecular formula is C36H46Cl3N3O5. The van der Waals surface area contributed by atoms with E-state index in [0.717, 1.165) is 24.8 Å². The lowest BCUT2D eigenvalue weighted by Crippen LogP contribution is -2.36. The quantitative estimate of drug-likeness (QED) is 0.0943. The summed E-state index contributed by atoms with van der Waals surface area (Å²) in [6.45, 7) is 9.63. The number of ether oxygens (including phenoxy) is 2. The summed E-state index contributed by atoms with van der Waals surface area (Å²) in [6, 6.07) is 8.17. The lowest BCUT2D eigenvalue weighted by atomic mass is 9.86. The van der Waals surface area contributed by atoms with Crippen molar-refractivity contribution in [2.75, 3.05) is 5.32 Å². The van der Waals surface area contributed by atoms with Crippen molar-refractivity contribution < 1.29 is 23.9 Å². The van der Waals surface area contributed by atoms with Crippen molar-refractivity contribution >= 4 is 69.6 Å². The van der Waals surface area contributed by atoms with Crippen LogP contribution in [0, 0.1) is 0 Å². The SMILES string of the molecule is CCCCCCCCCCCCC(Oc1ccc(OC(C)=O)c(C(C)(C)C)c1)C1=NN=C(CC(=O)Nc2c(Cl)cc(Cl)cc2Cl)C1=O. The monoisotopic (exact) mass is 705 g/mol. The third kappa shape index (κ3) is 12.2. The molecule has 1 amide bonds. The largest absolute Gasteiger partial charge is 0.484 e. The van der Waals surface area contributed by atoms with E-state index in [1.807, 2.05) is 26.8 Å². The molecule has 1 aliphatic rings. The van der Waals surface area contributed by atoms with Crippen LogP contribution in [-0.2, 0) is 19.8 Å². The van der Waals surface area contributed by atoms with E-state index in [4.69, 9.17) is 44.3 Å². The summed E-state index contributed by atoms with van der Waals surface area (Å²) >= 11 is 18.4. The van der Waals surface area contributed by atoms with Gasteiger partial charge in [-0.1, -0.05) is 120 Å². The van der Waals surface area contributed by atoms with Gasteiger partial charge in [-0.15, -0.1) is 5.10 Å². The minimum atomic E-state index is -0.687. The van der Waals surface area contributed by atoms with Crippen LogP contribution in [0.4, 0.5) is 5.69 Å². The Balaban J connectivity index is 1.70. The van der Waals surface area contributed by atoms with Crippen LogP contribution in [0.25, 0.3) is 0 Å². The Bertz CT molecular complexity index is 1460. The first-order valence-electron chi connectivity index (χ1n) is 16.4. The fraction of sp³-hybridized carbons (Fsp3) is 0.528. The summed E-state index contributed by atoms with van der Waals surface area (Å²) in [5.74, 6) is -0.420.